The van der Waals surface area contributed by atoms with Crippen LogP contribution in [0.4, 0.5) is 0 Å². The smallest absolute Gasteiger partial charge is 0.240 e. The van der Waals surface area contributed by atoms with Gasteiger partial charge < -0.3 is 9.26 Å². The summed E-state index contributed by atoms with van der Waals surface area (Å²) in [6.07, 6.45) is 2.37. The minimum Gasteiger partial charge on any atom is -0.494 e. The first kappa shape index (κ1) is 14.1. The fourth-order valence-corrected chi connectivity index (χ4v) is 2.92. The van der Waals surface area contributed by atoms with Crippen molar-refractivity contribution in [3.63, 3.8) is 0 Å². The van der Waals surface area contributed by atoms with Crippen LogP contribution < -0.4 is 4.74 Å². The van der Waals surface area contributed by atoms with Crippen LogP contribution in [-0.2, 0) is 6.54 Å². The van der Waals surface area contributed by atoms with Crippen LogP contribution in [-0.4, -0.2) is 28.2 Å². The maximum Gasteiger partial charge on any atom is 0.240 e. The van der Waals surface area contributed by atoms with Crippen molar-refractivity contribution >= 4 is 0 Å². The number of rotatable bonds is 5. The molecule has 0 spiro atoms. The van der Waals surface area contributed by atoms with Crippen LogP contribution in [0.2, 0.25) is 0 Å². The molecule has 1 aromatic carbocycles. The van der Waals surface area contributed by atoms with Gasteiger partial charge in [-0.2, -0.15) is 4.98 Å². The van der Waals surface area contributed by atoms with Crippen molar-refractivity contribution in [1.29, 1.82) is 0 Å². The van der Waals surface area contributed by atoms with Crippen molar-refractivity contribution in [2.45, 2.75) is 39.3 Å². The Morgan fingerprint density at radius 2 is 2.14 bits per heavy atom. The number of ether oxygens (including phenoxy) is 1. The third-order valence-corrected chi connectivity index (χ3v) is 3.85. The predicted octanol–water partition coefficient (Wildman–Crippen LogP) is 3.11. The zero-order valence-electron chi connectivity index (χ0n) is 12.6. The molecule has 1 saturated heterocycles. The summed E-state index contributed by atoms with van der Waals surface area (Å²) in [4.78, 5) is 6.71. The molecule has 5 heteroatoms. The van der Waals surface area contributed by atoms with Gasteiger partial charge in [-0.1, -0.05) is 17.3 Å². The maximum absolute atomic E-state index is 5.50. The lowest BCUT2D eigenvalue weighted by Gasteiger charge is -2.23. The first-order valence-electron chi connectivity index (χ1n) is 7.52. The fraction of sp³-hybridized carbons (Fsp3) is 0.500. The molecule has 0 amide bonds. The molecule has 3 rings (SSSR count). The zero-order chi connectivity index (χ0) is 14.7. The molecule has 0 unspecified atom stereocenters. The standard InChI is InChI=1S/C16H21N3O2/c1-3-20-14-8-6-13(7-9-14)15-5-4-10-19(15)11-16-17-12(2)18-21-16/h6-9,15H,3-5,10-11H2,1-2H3/t15-/m1/s1. The van der Waals surface area contributed by atoms with E-state index in [1.165, 1.54) is 18.4 Å². The zero-order valence-corrected chi connectivity index (χ0v) is 12.6. The van der Waals surface area contributed by atoms with E-state index in [1.54, 1.807) is 0 Å². The molecule has 0 aliphatic carbocycles. The Hall–Kier alpha value is -1.88. The molecule has 1 atom stereocenters. The molecule has 1 aromatic heterocycles. The second kappa shape index (κ2) is 6.26. The Morgan fingerprint density at radius 3 is 2.81 bits per heavy atom. The van der Waals surface area contributed by atoms with Crippen LogP contribution in [0.1, 0.15) is 43.1 Å². The number of nitrogens with zero attached hydrogens (tertiary/aromatic N) is 3. The first-order valence-corrected chi connectivity index (χ1v) is 7.52. The number of hydrogen-bond donors (Lipinski definition) is 0. The Kier molecular flexibility index (Phi) is 4.20. The third kappa shape index (κ3) is 3.24. The molecule has 0 bridgehead atoms. The van der Waals surface area contributed by atoms with E-state index in [0.29, 0.717) is 24.4 Å². The topological polar surface area (TPSA) is 51.4 Å². The van der Waals surface area contributed by atoms with Crippen molar-refractivity contribution in [1.82, 2.24) is 15.0 Å². The van der Waals surface area contributed by atoms with E-state index in [9.17, 15) is 0 Å². The minimum absolute atomic E-state index is 0.424. The van der Waals surface area contributed by atoms with Gasteiger partial charge in [0, 0.05) is 6.04 Å². The predicted molar refractivity (Wildman–Crippen MR) is 79.0 cm³/mol. The van der Waals surface area contributed by atoms with Gasteiger partial charge in [-0.25, -0.2) is 0 Å². The molecule has 2 heterocycles. The highest BCUT2D eigenvalue weighted by Gasteiger charge is 2.27. The summed E-state index contributed by atoms with van der Waals surface area (Å²) >= 11 is 0. The van der Waals surface area contributed by atoms with Crippen LogP contribution in [0.5, 0.6) is 5.75 Å². The second-order valence-electron chi connectivity index (χ2n) is 5.37. The van der Waals surface area contributed by atoms with E-state index in [-0.39, 0.29) is 0 Å². The Balaban J connectivity index is 1.71. The molecule has 112 valence electrons. The maximum atomic E-state index is 5.50. The van der Waals surface area contributed by atoms with E-state index in [0.717, 1.165) is 18.8 Å². The van der Waals surface area contributed by atoms with Gasteiger partial charge in [-0.05, 0) is 50.9 Å². The molecule has 5 nitrogen and oxygen atoms in total. The molecule has 0 N–H and O–H groups in total. The lowest BCUT2D eigenvalue weighted by molar-refractivity contribution is 0.212. The molecule has 1 aliphatic rings. The number of benzene rings is 1. The second-order valence-corrected chi connectivity index (χ2v) is 5.37. The Bertz CT molecular complexity index is 579. The van der Waals surface area contributed by atoms with Gasteiger partial charge in [-0.3, -0.25) is 4.90 Å². The van der Waals surface area contributed by atoms with E-state index in [1.807, 2.05) is 26.0 Å². The number of aromatic nitrogens is 2. The van der Waals surface area contributed by atoms with Gasteiger partial charge in [0.2, 0.25) is 5.89 Å². The highest BCUT2D eigenvalue weighted by molar-refractivity contribution is 5.29. The van der Waals surface area contributed by atoms with Gasteiger partial charge in [0.15, 0.2) is 5.82 Å². The monoisotopic (exact) mass is 287 g/mol. The largest absolute Gasteiger partial charge is 0.494 e. The van der Waals surface area contributed by atoms with Crippen molar-refractivity contribution in [2.75, 3.05) is 13.2 Å². The number of likely N-dealkylation sites (tertiary alicyclic amines) is 1. The van der Waals surface area contributed by atoms with E-state index >= 15 is 0 Å². The SMILES string of the molecule is CCOc1ccc([C@H]2CCCN2Cc2nc(C)no2)cc1. The van der Waals surface area contributed by atoms with Crippen LogP contribution in [0.25, 0.3) is 0 Å². The van der Waals surface area contributed by atoms with Crippen molar-refractivity contribution in [3.8, 4) is 5.75 Å². The van der Waals surface area contributed by atoms with Crippen LogP contribution >= 0.6 is 0 Å². The summed E-state index contributed by atoms with van der Waals surface area (Å²) in [5.74, 6) is 2.32. The van der Waals surface area contributed by atoms with Gasteiger partial charge in [0.05, 0.1) is 13.2 Å². The summed E-state index contributed by atoms with van der Waals surface area (Å²) in [6.45, 7) is 6.34. The van der Waals surface area contributed by atoms with Crippen molar-refractivity contribution in [2.24, 2.45) is 0 Å². The van der Waals surface area contributed by atoms with E-state index < -0.39 is 0 Å². The normalized spacial score (nSPS) is 19.0. The third-order valence-electron chi connectivity index (χ3n) is 3.85. The average Bonchev–Trinajstić information content (AvgIpc) is 3.10. The summed E-state index contributed by atoms with van der Waals surface area (Å²) < 4.78 is 10.7. The Labute approximate surface area is 124 Å². The van der Waals surface area contributed by atoms with Gasteiger partial charge in [0.25, 0.3) is 0 Å². The quantitative estimate of drug-likeness (QED) is 0.845. The lowest BCUT2D eigenvalue weighted by atomic mass is 10.0. The van der Waals surface area contributed by atoms with E-state index in [4.69, 9.17) is 9.26 Å². The summed E-state index contributed by atoms with van der Waals surface area (Å²) in [7, 11) is 0. The molecule has 2 aromatic rings. The molecular weight excluding hydrogens is 266 g/mol. The van der Waals surface area contributed by atoms with Crippen LogP contribution in [0, 0.1) is 6.92 Å². The number of hydrogen-bond acceptors (Lipinski definition) is 5. The average molecular weight is 287 g/mol. The molecular formula is C16H21N3O2. The highest BCUT2D eigenvalue weighted by atomic mass is 16.5. The fourth-order valence-electron chi connectivity index (χ4n) is 2.92. The van der Waals surface area contributed by atoms with E-state index in [2.05, 4.69) is 27.2 Å². The van der Waals surface area contributed by atoms with Crippen molar-refractivity contribution in [3.05, 3.63) is 41.5 Å². The van der Waals surface area contributed by atoms with Crippen molar-refractivity contribution < 1.29 is 9.26 Å². The molecule has 1 fully saturated rings. The lowest BCUT2D eigenvalue weighted by Crippen LogP contribution is -2.22. The van der Waals surface area contributed by atoms with Gasteiger partial charge in [-0.15, -0.1) is 0 Å². The molecule has 1 aliphatic heterocycles. The van der Waals surface area contributed by atoms with Crippen LogP contribution in [0.3, 0.4) is 0 Å². The summed E-state index contributed by atoms with van der Waals surface area (Å²) in [6, 6.07) is 8.84. The minimum atomic E-state index is 0.424. The Morgan fingerprint density at radius 1 is 1.33 bits per heavy atom. The molecule has 21 heavy (non-hydrogen) atoms. The van der Waals surface area contributed by atoms with Gasteiger partial charge >= 0.3 is 0 Å². The summed E-state index contributed by atoms with van der Waals surface area (Å²) in [5, 5.41) is 3.86. The van der Waals surface area contributed by atoms with Crippen LogP contribution in [0.15, 0.2) is 28.8 Å². The highest BCUT2D eigenvalue weighted by Crippen LogP contribution is 2.33. The molecule has 0 saturated carbocycles. The summed E-state index contributed by atoms with van der Waals surface area (Å²) in [5.41, 5.74) is 1.33. The van der Waals surface area contributed by atoms with Gasteiger partial charge in [0.1, 0.15) is 5.75 Å². The molecule has 0 radical (unpaired) electrons. The number of aryl methyl sites for hydroxylation is 1. The first-order chi connectivity index (χ1) is 10.3.